The Morgan fingerprint density at radius 3 is 2.72 bits per heavy atom. The first-order valence-corrected chi connectivity index (χ1v) is 11.6. The smallest absolute Gasteiger partial charge is 0.327 e. The van der Waals surface area contributed by atoms with Crippen LogP contribution in [0, 0.1) is 11.8 Å². The van der Waals surface area contributed by atoms with E-state index in [4.69, 9.17) is 21.4 Å². The van der Waals surface area contributed by atoms with E-state index in [9.17, 15) is 4.79 Å². The van der Waals surface area contributed by atoms with Crippen LogP contribution >= 0.6 is 22.9 Å². The van der Waals surface area contributed by atoms with E-state index in [-0.39, 0.29) is 6.54 Å². The van der Waals surface area contributed by atoms with Gasteiger partial charge in [0.1, 0.15) is 5.75 Å². The minimum absolute atomic E-state index is 0.317. The highest BCUT2D eigenvalue weighted by Crippen LogP contribution is 2.40. The summed E-state index contributed by atoms with van der Waals surface area (Å²) in [7, 11) is 0. The SMILES string of the molecule is CCOc1ccc(Cl)c(N2CC3CN(c4ncc(-c5nnn(CC(=O)O)n5)s4)CC3C2)c1. The number of benzene rings is 1. The number of fused-ring (bicyclic) bond motifs is 1. The molecule has 1 aromatic carbocycles. The Morgan fingerprint density at radius 1 is 1.25 bits per heavy atom. The molecule has 2 fully saturated rings. The van der Waals surface area contributed by atoms with Gasteiger partial charge in [-0.15, -0.1) is 10.2 Å². The number of carboxylic acids is 1. The highest BCUT2D eigenvalue weighted by molar-refractivity contribution is 7.18. The molecule has 1 N–H and O–H groups in total. The standard InChI is InChI=1S/C20H22ClN7O3S/c1-2-31-14-3-4-15(21)16(5-14)26-7-12-9-27(10-13(12)8-26)20-22-6-17(32-20)19-23-25-28(24-19)11-18(29)30/h3-6,12-13H,2,7-11H2,1H3,(H,29,30). The molecule has 2 aliphatic rings. The van der Waals surface area contributed by atoms with Crippen molar-refractivity contribution in [2.45, 2.75) is 13.5 Å². The van der Waals surface area contributed by atoms with Gasteiger partial charge in [0.15, 0.2) is 11.7 Å². The second-order valence-corrected chi connectivity index (χ2v) is 9.34. The molecular weight excluding hydrogens is 454 g/mol. The van der Waals surface area contributed by atoms with Crippen LogP contribution in [0.25, 0.3) is 10.7 Å². The van der Waals surface area contributed by atoms with E-state index in [2.05, 4.69) is 30.2 Å². The largest absolute Gasteiger partial charge is 0.494 e. The van der Waals surface area contributed by atoms with E-state index in [1.54, 1.807) is 6.20 Å². The zero-order chi connectivity index (χ0) is 22.2. The number of rotatable bonds is 7. The highest BCUT2D eigenvalue weighted by atomic mass is 35.5. The van der Waals surface area contributed by atoms with Gasteiger partial charge in [0, 0.05) is 44.1 Å². The quantitative estimate of drug-likeness (QED) is 0.551. The first kappa shape index (κ1) is 21.0. The van der Waals surface area contributed by atoms with Crippen LogP contribution in [0.3, 0.4) is 0 Å². The molecule has 168 valence electrons. The number of anilines is 2. The second-order valence-electron chi connectivity index (χ2n) is 7.92. The number of thiazole rings is 1. The molecule has 10 nitrogen and oxygen atoms in total. The van der Waals surface area contributed by atoms with Gasteiger partial charge in [-0.25, -0.2) is 4.98 Å². The molecule has 2 aliphatic heterocycles. The summed E-state index contributed by atoms with van der Waals surface area (Å²) in [4.78, 5) is 21.9. The Hall–Kier alpha value is -2.92. The van der Waals surface area contributed by atoms with Gasteiger partial charge in [0.2, 0.25) is 5.82 Å². The van der Waals surface area contributed by atoms with E-state index < -0.39 is 5.97 Å². The third-order valence-corrected chi connectivity index (χ3v) is 7.14. The van der Waals surface area contributed by atoms with Crippen LogP contribution in [0.2, 0.25) is 5.02 Å². The molecule has 12 heteroatoms. The number of aromatic nitrogens is 5. The summed E-state index contributed by atoms with van der Waals surface area (Å²) in [5, 5.41) is 22.4. The van der Waals surface area contributed by atoms with Crippen molar-refractivity contribution in [3.8, 4) is 16.5 Å². The predicted octanol–water partition coefficient (Wildman–Crippen LogP) is 2.51. The molecule has 0 spiro atoms. The zero-order valence-electron chi connectivity index (χ0n) is 17.4. The highest BCUT2D eigenvalue weighted by Gasteiger charge is 2.41. The van der Waals surface area contributed by atoms with Crippen LogP contribution in [0.15, 0.2) is 24.4 Å². The fraction of sp³-hybridized carbons (Fsp3) is 0.450. The summed E-state index contributed by atoms with van der Waals surface area (Å²) < 4.78 is 5.64. The molecule has 0 aliphatic carbocycles. The maximum atomic E-state index is 10.8. The summed E-state index contributed by atoms with van der Waals surface area (Å²) in [6, 6.07) is 5.84. The lowest BCUT2D eigenvalue weighted by molar-refractivity contribution is -0.138. The molecule has 4 heterocycles. The maximum Gasteiger partial charge on any atom is 0.327 e. The van der Waals surface area contributed by atoms with Crippen molar-refractivity contribution < 1.29 is 14.6 Å². The molecule has 2 unspecified atom stereocenters. The van der Waals surface area contributed by atoms with Crippen LogP contribution in [-0.4, -0.2) is 69.1 Å². The van der Waals surface area contributed by atoms with Crippen LogP contribution < -0.4 is 14.5 Å². The molecule has 0 radical (unpaired) electrons. The Kier molecular flexibility index (Phi) is 5.60. The number of halogens is 1. The third-order valence-electron chi connectivity index (χ3n) is 5.77. The fourth-order valence-corrected chi connectivity index (χ4v) is 5.48. The maximum absolute atomic E-state index is 10.8. The van der Waals surface area contributed by atoms with E-state index >= 15 is 0 Å². The van der Waals surface area contributed by atoms with Gasteiger partial charge in [-0.2, -0.15) is 4.80 Å². The van der Waals surface area contributed by atoms with Crippen LogP contribution in [0.1, 0.15) is 6.92 Å². The second kappa shape index (κ2) is 8.55. The number of ether oxygens (including phenoxy) is 1. The Balaban J connectivity index is 1.24. The Bertz CT molecular complexity index is 1120. The molecule has 2 saturated heterocycles. The first-order valence-electron chi connectivity index (χ1n) is 10.4. The number of carboxylic acid groups (broad SMARTS) is 1. The molecule has 2 aromatic heterocycles. The van der Waals surface area contributed by atoms with E-state index in [1.165, 1.54) is 11.3 Å². The van der Waals surface area contributed by atoms with Crippen molar-refractivity contribution in [2.24, 2.45) is 11.8 Å². The number of tetrazole rings is 1. The topological polar surface area (TPSA) is 110 Å². The minimum Gasteiger partial charge on any atom is -0.494 e. The van der Waals surface area contributed by atoms with Crippen LogP contribution in [-0.2, 0) is 11.3 Å². The lowest BCUT2D eigenvalue weighted by Gasteiger charge is -2.24. The lowest BCUT2D eigenvalue weighted by Crippen LogP contribution is -2.28. The van der Waals surface area contributed by atoms with Gasteiger partial charge in [-0.05, 0) is 24.3 Å². The lowest BCUT2D eigenvalue weighted by atomic mass is 10.0. The summed E-state index contributed by atoms with van der Waals surface area (Å²) in [6.45, 7) is 6.03. The normalized spacial score (nSPS) is 20.1. The molecule has 5 rings (SSSR count). The fourth-order valence-electron chi connectivity index (χ4n) is 4.38. The Labute approximate surface area is 193 Å². The number of aliphatic carboxylic acids is 1. The monoisotopic (exact) mass is 475 g/mol. The number of nitrogens with zero attached hydrogens (tertiary/aromatic N) is 7. The zero-order valence-corrected chi connectivity index (χ0v) is 19.0. The van der Waals surface area contributed by atoms with Crippen molar-refractivity contribution in [1.82, 2.24) is 25.2 Å². The Morgan fingerprint density at radius 2 is 2.00 bits per heavy atom. The summed E-state index contributed by atoms with van der Waals surface area (Å²) in [6.07, 6.45) is 1.72. The van der Waals surface area contributed by atoms with Crippen molar-refractivity contribution in [3.63, 3.8) is 0 Å². The van der Waals surface area contributed by atoms with E-state index in [0.29, 0.717) is 24.3 Å². The van der Waals surface area contributed by atoms with Gasteiger partial charge >= 0.3 is 5.97 Å². The summed E-state index contributed by atoms with van der Waals surface area (Å²) >= 11 is 7.98. The van der Waals surface area contributed by atoms with Gasteiger partial charge in [-0.3, -0.25) is 4.79 Å². The van der Waals surface area contributed by atoms with E-state index in [1.807, 2.05) is 25.1 Å². The van der Waals surface area contributed by atoms with Crippen molar-refractivity contribution in [3.05, 3.63) is 29.4 Å². The van der Waals surface area contributed by atoms with Crippen molar-refractivity contribution in [1.29, 1.82) is 0 Å². The van der Waals surface area contributed by atoms with Gasteiger partial charge < -0.3 is 19.6 Å². The van der Waals surface area contributed by atoms with Crippen LogP contribution in [0.5, 0.6) is 5.75 Å². The first-order chi connectivity index (χ1) is 15.5. The third kappa shape index (κ3) is 4.09. The molecule has 0 saturated carbocycles. The number of hydrogen-bond acceptors (Lipinski definition) is 9. The van der Waals surface area contributed by atoms with Gasteiger partial charge in [0.05, 0.1) is 28.4 Å². The van der Waals surface area contributed by atoms with Gasteiger partial charge in [-0.1, -0.05) is 22.9 Å². The molecular formula is C20H22ClN7O3S. The molecule has 3 aromatic rings. The molecule has 32 heavy (non-hydrogen) atoms. The molecule has 0 bridgehead atoms. The van der Waals surface area contributed by atoms with Gasteiger partial charge in [0.25, 0.3) is 0 Å². The molecule has 0 amide bonds. The molecule has 2 atom stereocenters. The number of carbonyl (C=O) groups is 1. The average molecular weight is 476 g/mol. The minimum atomic E-state index is -1.01. The van der Waals surface area contributed by atoms with Crippen molar-refractivity contribution in [2.75, 3.05) is 42.6 Å². The van der Waals surface area contributed by atoms with Crippen LogP contribution in [0.4, 0.5) is 10.8 Å². The van der Waals surface area contributed by atoms with Crippen molar-refractivity contribution >= 4 is 39.7 Å². The van der Waals surface area contributed by atoms with E-state index in [0.717, 1.165) is 57.4 Å². The summed E-state index contributed by atoms with van der Waals surface area (Å²) in [5.41, 5.74) is 1.03. The summed E-state index contributed by atoms with van der Waals surface area (Å²) in [5.74, 6) is 1.29. The average Bonchev–Trinajstić information content (AvgIpc) is 3.51. The number of hydrogen-bond donors (Lipinski definition) is 1. The predicted molar refractivity (Wildman–Crippen MR) is 121 cm³/mol.